The van der Waals surface area contributed by atoms with Crippen molar-refractivity contribution in [2.45, 2.75) is 45.4 Å². The van der Waals surface area contributed by atoms with Crippen molar-refractivity contribution >= 4 is 39.6 Å². The minimum atomic E-state index is -0.773. The van der Waals surface area contributed by atoms with Gasteiger partial charge in [-0.2, -0.15) is 0 Å². The number of thiophene rings is 1. The minimum absolute atomic E-state index is 0.138. The molecule has 0 saturated carbocycles. The highest BCUT2D eigenvalue weighted by molar-refractivity contribution is 7.17. The van der Waals surface area contributed by atoms with Gasteiger partial charge in [-0.15, -0.1) is 11.3 Å². The van der Waals surface area contributed by atoms with Crippen LogP contribution in [0.1, 0.15) is 62.4 Å². The van der Waals surface area contributed by atoms with Gasteiger partial charge in [-0.25, -0.2) is 4.79 Å². The number of nitro benzene ring substituents is 2. The molecule has 1 aliphatic rings. The van der Waals surface area contributed by atoms with E-state index < -0.39 is 33.1 Å². The molecule has 31 heavy (non-hydrogen) atoms. The number of carbonyl (C=O) groups excluding carboxylic acids is 2. The van der Waals surface area contributed by atoms with E-state index in [2.05, 4.69) is 5.32 Å². The number of benzene rings is 1. The van der Waals surface area contributed by atoms with E-state index in [0.717, 1.165) is 54.7 Å². The number of anilines is 1. The number of esters is 1. The van der Waals surface area contributed by atoms with Crippen molar-refractivity contribution < 1.29 is 24.2 Å². The molecule has 3 rings (SSSR count). The Bertz CT molecular complexity index is 1040. The van der Waals surface area contributed by atoms with Crippen LogP contribution in [-0.4, -0.2) is 28.8 Å². The molecule has 1 N–H and O–H groups in total. The lowest BCUT2D eigenvalue weighted by Crippen LogP contribution is -2.15. The predicted molar refractivity (Wildman–Crippen MR) is 114 cm³/mol. The van der Waals surface area contributed by atoms with Gasteiger partial charge in [0.1, 0.15) is 10.6 Å². The summed E-state index contributed by atoms with van der Waals surface area (Å²) >= 11 is 1.27. The number of aryl methyl sites for hydroxylation is 1. The number of carbonyl (C=O) groups is 2. The van der Waals surface area contributed by atoms with Gasteiger partial charge in [0.05, 0.1) is 28.1 Å². The van der Waals surface area contributed by atoms with Crippen LogP contribution in [0.4, 0.5) is 16.4 Å². The van der Waals surface area contributed by atoms with Gasteiger partial charge >= 0.3 is 5.97 Å². The van der Waals surface area contributed by atoms with E-state index in [1.807, 2.05) is 0 Å². The zero-order valence-electron chi connectivity index (χ0n) is 17.1. The molecule has 2 aromatic rings. The number of nitro groups is 2. The molecule has 1 amide bonds. The highest BCUT2D eigenvalue weighted by Gasteiger charge is 2.29. The SMILES string of the molecule is COC(=O)c1c(NC(=O)c2cc([N+](=O)[O-])c(C)c([N+](=O)[O-])c2)sc2c1CCCCCC2. The summed E-state index contributed by atoms with van der Waals surface area (Å²) in [5.41, 5.74) is -0.278. The first-order chi connectivity index (χ1) is 14.7. The fraction of sp³-hybridized carbons (Fsp3) is 0.400. The quantitative estimate of drug-likeness (QED) is 0.402. The van der Waals surface area contributed by atoms with Crippen LogP contribution in [0.5, 0.6) is 0 Å². The van der Waals surface area contributed by atoms with E-state index >= 15 is 0 Å². The number of ether oxygens (including phenoxy) is 1. The molecule has 1 aromatic heterocycles. The molecule has 10 nitrogen and oxygen atoms in total. The maximum Gasteiger partial charge on any atom is 0.341 e. The molecule has 164 valence electrons. The first kappa shape index (κ1) is 22.3. The van der Waals surface area contributed by atoms with E-state index in [1.165, 1.54) is 25.4 Å². The normalized spacial score (nSPS) is 13.5. The molecule has 0 saturated heterocycles. The molecule has 0 unspecified atom stereocenters. The fourth-order valence-electron chi connectivity index (χ4n) is 3.70. The smallest absolute Gasteiger partial charge is 0.341 e. The Labute approximate surface area is 181 Å². The number of hydrogen-bond donors (Lipinski definition) is 1. The Balaban J connectivity index is 2.04. The second-order valence-corrected chi connectivity index (χ2v) is 8.33. The zero-order valence-corrected chi connectivity index (χ0v) is 17.9. The lowest BCUT2D eigenvalue weighted by atomic mass is 9.96. The molecule has 0 fully saturated rings. The van der Waals surface area contributed by atoms with Gasteiger partial charge in [0.25, 0.3) is 17.3 Å². The van der Waals surface area contributed by atoms with Crippen molar-refractivity contribution in [3.05, 3.63) is 59.5 Å². The third kappa shape index (κ3) is 4.55. The van der Waals surface area contributed by atoms with Gasteiger partial charge in [-0.3, -0.25) is 25.0 Å². The summed E-state index contributed by atoms with van der Waals surface area (Å²) in [6.45, 7) is 1.26. The summed E-state index contributed by atoms with van der Waals surface area (Å²) in [6.07, 6.45) is 5.49. The summed E-state index contributed by atoms with van der Waals surface area (Å²) in [4.78, 5) is 47.4. The summed E-state index contributed by atoms with van der Waals surface area (Å²) in [7, 11) is 1.26. The summed E-state index contributed by atoms with van der Waals surface area (Å²) in [5.74, 6) is -1.35. The molecule has 11 heteroatoms. The Hall–Kier alpha value is -3.34. The summed E-state index contributed by atoms with van der Waals surface area (Å²) in [5, 5.41) is 25.5. The number of fused-ring (bicyclic) bond motifs is 1. The van der Waals surface area contributed by atoms with Crippen LogP contribution in [0.2, 0.25) is 0 Å². The van der Waals surface area contributed by atoms with Crippen LogP contribution in [0.3, 0.4) is 0 Å². The molecule has 1 aliphatic carbocycles. The second-order valence-electron chi connectivity index (χ2n) is 7.22. The Morgan fingerprint density at radius 1 is 1.03 bits per heavy atom. The molecule has 1 aromatic carbocycles. The maximum absolute atomic E-state index is 12.9. The molecular weight excluding hydrogens is 426 g/mol. The molecular formula is C20H21N3O7S. The van der Waals surface area contributed by atoms with Crippen LogP contribution in [0.25, 0.3) is 0 Å². The molecule has 0 atom stereocenters. The van der Waals surface area contributed by atoms with Crippen LogP contribution >= 0.6 is 11.3 Å². The minimum Gasteiger partial charge on any atom is -0.465 e. The maximum atomic E-state index is 12.9. The van der Waals surface area contributed by atoms with E-state index in [4.69, 9.17) is 4.74 Å². The number of nitrogens with zero attached hydrogens (tertiary/aromatic N) is 2. The van der Waals surface area contributed by atoms with Gasteiger partial charge in [0.15, 0.2) is 0 Å². The highest BCUT2D eigenvalue weighted by Crippen LogP contribution is 2.38. The first-order valence-corrected chi connectivity index (χ1v) is 10.5. The predicted octanol–water partition coefficient (Wildman–Crippen LogP) is 4.57. The van der Waals surface area contributed by atoms with Gasteiger partial charge in [-0.05, 0) is 38.2 Å². The lowest BCUT2D eigenvalue weighted by Gasteiger charge is -2.11. The average Bonchev–Trinajstić information content (AvgIpc) is 3.02. The Kier molecular flexibility index (Phi) is 6.64. The second kappa shape index (κ2) is 9.21. The fourth-order valence-corrected chi connectivity index (χ4v) is 4.97. The monoisotopic (exact) mass is 447 g/mol. The zero-order chi connectivity index (χ0) is 22.7. The number of methoxy groups -OCH3 is 1. The third-order valence-corrected chi connectivity index (χ3v) is 6.50. The van der Waals surface area contributed by atoms with Crippen molar-refractivity contribution in [1.29, 1.82) is 0 Å². The molecule has 0 aliphatic heterocycles. The van der Waals surface area contributed by atoms with Crippen LogP contribution in [-0.2, 0) is 17.6 Å². The molecule has 0 spiro atoms. The van der Waals surface area contributed by atoms with Gasteiger partial charge in [-0.1, -0.05) is 12.8 Å². The van der Waals surface area contributed by atoms with Crippen molar-refractivity contribution in [3.8, 4) is 0 Å². The number of hydrogen-bond acceptors (Lipinski definition) is 8. The van der Waals surface area contributed by atoms with Gasteiger partial charge in [0.2, 0.25) is 0 Å². The van der Waals surface area contributed by atoms with Crippen LogP contribution < -0.4 is 5.32 Å². The molecule has 0 radical (unpaired) electrons. The van der Waals surface area contributed by atoms with Crippen LogP contribution in [0.15, 0.2) is 12.1 Å². The standard InChI is InChI=1S/C20H21N3O7S/c1-11-14(22(26)27)9-12(10-15(11)23(28)29)18(24)21-19-17(20(25)30-2)13-7-5-3-4-6-8-16(13)31-19/h9-10H,3-8H2,1-2H3,(H,21,24). The topological polar surface area (TPSA) is 142 Å². The van der Waals surface area contributed by atoms with Crippen molar-refractivity contribution in [2.75, 3.05) is 12.4 Å². The number of amides is 1. The van der Waals surface area contributed by atoms with E-state index in [9.17, 15) is 29.8 Å². The van der Waals surface area contributed by atoms with E-state index in [-0.39, 0.29) is 21.7 Å². The van der Waals surface area contributed by atoms with Crippen molar-refractivity contribution in [1.82, 2.24) is 0 Å². The number of nitrogens with one attached hydrogen (secondary N) is 1. The largest absolute Gasteiger partial charge is 0.465 e. The molecule has 0 bridgehead atoms. The van der Waals surface area contributed by atoms with Crippen molar-refractivity contribution in [3.63, 3.8) is 0 Å². The molecule has 1 heterocycles. The summed E-state index contributed by atoms with van der Waals surface area (Å²) in [6, 6.07) is 2.00. The highest BCUT2D eigenvalue weighted by atomic mass is 32.1. The Morgan fingerprint density at radius 2 is 1.61 bits per heavy atom. The summed E-state index contributed by atoms with van der Waals surface area (Å²) < 4.78 is 4.92. The number of rotatable bonds is 5. The van der Waals surface area contributed by atoms with Gasteiger partial charge in [0, 0.05) is 17.0 Å². The third-order valence-electron chi connectivity index (χ3n) is 5.30. The Morgan fingerprint density at radius 3 is 2.16 bits per heavy atom. The first-order valence-electron chi connectivity index (χ1n) is 9.72. The van der Waals surface area contributed by atoms with E-state index in [1.54, 1.807) is 0 Å². The van der Waals surface area contributed by atoms with E-state index in [0.29, 0.717) is 6.42 Å². The van der Waals surface area contributed by atoms with Crippen molar-refractivity contribution in [2.24, 2.45) is 0 Å². The van der Waals surface area contributed by atoms with Gasteiger partial charge < -0.3 is 10.1 Å². The lowest BCUT2D eigenvalue weighted by molar-refractivity contribution is -0.395. The average molecular weight is 447 g/mol. The van der Waals surface area contributed by atoms with Crippen LogP contribution in [0, 0.1) is 27.2 Å².